The molecule has 1 aromatic heterocycles. The van der Waals surface area contributed by atoms with Crippen molar-refractivity contribution in [1.82, 2.24) is 15.1 Å². The molecule has 4 nitrogen and oxygen atoms in total. The maximum Gasteiger partial charge on any atom is 0.221 e. The minimum atomic E-state index is 0.0187. The van der Waals surface area contributed by atoms with E-state index in [-0.39, 0.29) is 11.9 Å². The summed E-state index contributed by atoms with van der Waals surface area (Å²) in [6.45, 7) is 3.96. The molecular weight excluding hydrogens is 258 g/mol. The number of aromatic nitrogens is 2. The van der Waals surface area contributed by atoms with Gasteiger partial charge in [0.2, 0.25) is 5.91 Å². The lowest BCUT2D eigenvalue weighted by molar-refractivity contribution is -0.121. The Hall–Kier alpha value is -0.840. The Balaban J connectivity index is 2.65. The highest BCUT2D eigenvalue weighted by Crippen LogP contribution is 2.15. The number of alkyl halides is 1. The van der Waals surface area contributed by atoms with Crippen LogP contribution in [0.3, 0.4) is 0 Å². The first-order valence-electron chi connectivity index (χ1n) is 4.90. The van der Waals surface area contributed by atoms with Gasteiger partial charge in [-0.3, -0.25) is 9.48 Å². The molecule has 84 valence electrons. The zero-order chi connectivity index (χ0) is 11.4. The van der Waals surface area contributed by atoms with Gasteiger partial charge >= 0.3 is 0 Å². The van der Waals surface area contributed by atoms with Crippen LogP contribution in [0.25, 0.3) is 0 Å². The lowest BCUT2D eigenvalue weighted by Gasteiger charge is -2.13. The fourth-order valence-electron chi connectivity index (χ4n) is 1.42. The number of halogens is 1. The number of hydrogen-bond donors (Lipinski definition) is 1. The molecule has 0 aromatic carbocycles. The molecule has 0 aliphatic rings. The van der Waals surface area contributed by atoms with Crippen LogP contribution >= 0.6 is 15.9 Å². The molecule has 0 aliphatic carbocycles. The summed E-state index contributed by atoms with van der Waals surface area (Å²) in [6.07, 6.45) is 2.30. The summed E-state index contributed by atoms with van der Waals surface area (Å²) in [5, 5.41) is 7.77. The molecule has 1 unspecified atom stereocenters. The van der Waals surface area contributed by atoms with Crippen molar-refractivity contribution in [1.29, 1.82) is 0 Å². The monoisotopic (exact) mass is 273 g/mol. The topological polar surface area (TPSA) is 46.9 Å². The van der Waals surface area contributed by atoms with E-state index < -0.39 is 0 Å². The van der Waals surface area contributed by atoms with E-state index >= 15 is 0 Å². The van der Waals surface area contributed by atoms with Crippen molar-refractivity contribution >= 4 is 21.8 Å². The van der Waals surface area contributed by atoms with Crippen LogP contribution in [0.4, 0.5) is 0 Å². The number of aryl methyl sites for hydroxylation is 1. The second-order valence-corrected chi connectivity index (χ2v) is 4.33. The molecule has 0 fully saturated rings. The largest absolute Gasteiger partial charge is 0.349 e. The fraction of sp³-hybridized carbons (Fsp3) is 0.600. The van der Waals surface area contributed by atoms with Crippen molar-refractivity contribution in [3.8, 4) is 0 Å². The summed E-state index contributed by atoms with van der Waals surface area (Å²) in [4.78, 5) is 11.4. The van der Waals surface area contributed by atoms with E-state index in [9.17, 15) is 4.79 Å². The van der Waals surface area contributed by atoms with Crippen LogP contribution in [-0.2, 0) is 11.8 Å². The van der Waals surface area contributed by atoms with Crippen LogP contribution in [0.1, 0.15) is 30.6 Å². The Bertz CT molecular complexity index is 348. The number of nitrogens with one attached hydrogen (secondary N) is 1. The van der Waals surface area contributed by atoms with Gasteiger partial charge in [0.15, 0.2) is 0 Å². The van der Waals surface area contributed by atoms with Gasteiger partial charge in [0, 0.05) is 30.1 Å². The minimum absolute atomic E-state index is 0.0187. The maximum atomic E-state index is 11.4. The molecule has 1 aromatic rings. The molecule has 1 heterocycles. The predicted molar refractivity (Wildman–Crippen MR) is 62.9 cm³/mol. The molecule has 0 saturated heterocycles. The van der Waals surface area contributed by atoms with Crippen LogP contribution in [0.15, 0.2) is 6.20 Å². The van der Waals surface area contributed by atoms with Gasteiger partial charge in [0.25, 0.3) is 0 Å². The number of carbonyl (C=O) groups excluding carboxylic acids is 1. The van der Waals surface area contributed by atoms with Gasteiger partial charge in [0.1, 0.15) is 0 Å². The second-order valence-electron chi connectivity index (χ2n) is 3.54. The van der Waals surface area contributed by atoms with Crippen LogP contribution in [0.5, 0.6) is 0 Å². The average molecular weight is 274 g/mol. The Kier molecular flexibility index (Phi) is 4.32. The van der Waals surface area contributed by atoms with Crippen LogP contribution in [0, 0.1) is 6.92 Å². The lowest BCUT2D eigenvalue weighted by Crippen LogP contribution is -2.26. The van der Waals surface area contributed by atoms with Gasteiger partial charge in [-0.2, -0.15) is 5.10 Å². The molecule has 0 aliphatic heterocycles. The first-order valence-corrected chi connectivity index (χ1v) is 6.02. The number of nitrogens with zero attached hydrogens (tertiary/aromatic N) is 2. The van der Waals surface area contributed by atoms with Gasteiger partial charge in [-0.1, -0.05) is 15.9 Å². The molecule has 1 rings (SSSR count). The zero-order valence-electron chi connectivity index (χ0n) is 9.25. The van der Waals surface area contributed by atoms with E-state index in [2.05, 4.69) is 26.3 Å². The number of amides is 1. The minimum Gasteiger partial charge on any atom is -0.349 e. The maximum absolute atomic E-state index is 11.4. The van der Waals surface area contributed by atoms with Crippen LogP contribution in [-0.4, -0.2) is 21.0 Å². The van der Waals surface area contributed by atoms with Gasteiger partial charge < -0.3 is 5.32 Å². The highest BCUT2D eigenvalue weighted by molar-refractivity contribution is 9.09. The Labute approximate surface area is 98.2 Å². The molecule has 15 heavy (non-hydrogen) atoms. The van der Waals surface area contributed by atoms with Crippen molar-refractivity contribution in [2.24, 2.45) is 7.05 Å². The fourth-order valence-corrected chi connectivity index (χ4v) is 1.78. The number of carbonyl (C=O) groups is 1. The SMILES string of the molecule is Cc1c(C(C)NC(=O)CCBr)cnn1C. The van der Waals surface area contributed by atoms with Crippen molar-refractivity contribution in [3.05, 3.63) is 17.5 Å². The number of hydrogen-bond acceptors (Lipinski definition) is 2. The molecule has 1 N–H and O–H groups in total. The third-order valence-corrected chi connectivity index (χ3v) is 2.84. The lowest BCUT2D eigenvalue weighted by atomic mass is 10.1. The Morgan fingerprint density at radius 2 is 2.40 bits per heavy atom. The summed E-state index contributed by atoms with van der Waals surface area (Å²) >= 11 is 3.24. The van der Waals surface area contributed by atoms with Gasteiger partial charge in [0.05, 0.1) is 12.2 Å². The predicted octanol–water partition coefficient (Wildman–Crippen LogP) is 1.69. The second kappa shape index (κ2) is 5.30. The smallest absolute Gasteiger partial charge is 0.221 e. The Morgan fingerprint density at radius 3 is 2.87 bits per heavy atom. The van der Waals surface area contributed by atoms with Crippen molar-refractivity contribution in [3.63, 3.8) is 0 Å². The third-order valence-electron chi connectivity index (χ3n) is 2.44. The van der Waals surface area contributed by atoms with Crippen molar-refractivity contribution in [2.75, 3.05) is 5.33 Å². The molecule has 0 spiro atoms. The van der Waals surface area contributed by atoms with Gasteiger partial charge in [-0.15, -0.1) is 0 Å². The van der Waals surface area contributed by atoms with E-state index in [1.165, 1.54) is 0 Å². The first kappa shape index (κ1) is 12.2. The molecule has 1 amide bonds. The number of rotatable bonds is 4. The molecule has 0 radical (unpaired) electrons. The summed E-state index contributed by atoms with van der Waals surface area (Å²) in [6, 6.07) is 0.0187. The summed E-state index contributed by atoms with van der Waals surface area (Å²) in [5.41, 5.74) is 2.15. The summed E-state index contributed by atoms with van der Waals surface area (Å²) in [5.74, 6) is 0.0580. The van der Waals surface area contributed by atoms with Gasteiger partial charge in [-0.05, 0) is 13.8 Å². The normalized spacial score (nSPS) is 12.5. The van der Waals surface area contributed by atoms with Crippen LogP contribution < -0.4 is 5.32 Å². The molecule has 0 saturated carbocycles. The van der Waals surface area contributed by atoms with E-state index in [0.717, 1.165) is 11.3 Å². The zero-order valence-corrected chi connectivity index (χ0v) is 10.8. The van der Waals surface area contributed by atoms with Crippen molar-refractivity contribution in [2.45, 2.75) is 26.3 Å². The molecule has 1 atom stereocenters. The Morgan fingerprint density at radius 1 is 1.73 bits per heavy atom. The van der Waals surface area contributed by atoms with Crippen molar-refractivity contribution < 1.29 is 4.79 Å². The highest BCUT2D eigenvalue weighted by Gasteiger charge is 2.13. The quantitative estimate of drug-likeness (QED) is 0.849. The van der Waals surface area contributed by atoms with Gasteiger partial charge in [-0.25, -0.2) is 0 Å². The third kappa shape index (κ3) is 3.06. The van der Waals surface area contributed by atoms with E-state index in [4.69, 9.17) is 0 Å². The molecular formula is C10H16BrN3O. The first-order chi connectivity index (χ1) is 7.06. The summed E-state index contributed by atoms with van der Waals surface area (Å²) in [7, 11) is 1.89. The summed E-state index contributed by atoms with van der Waals surface area (Å²) < 4.78 is 1.81. The average Bonchev–Trinajstić information content (AvgIpc) is 2.48. The molecule has 5 heteroatoms. The highest BCUT2D eigenvalue weighted by atomic mass is 79.9. The van der Waals surface area contributed by atoms with E-state index in [0.29, 0.717) is 11.8 Å². The standard InChI is InChI=1S/C10H16BrN3O/c1-7(13-10(15)4-5-11)9-6-12-14(3)8(9)2/h6-7H,4-5H2,1-3H3,(H,13,15). The van der Waals surface area contributed by atoms with E-state index in [1.807, 2.05) is 25.6 Å². The van der Waals surface area contributed by atoms with E-state index in [1.54, 1.807) is 6.20 Å². The van der Waals surface area contributed by atoms with Crippen LogP contribution in [0.2, 0.25) is 0 Å². The molecule has 0 bridgehead atoms.